The molecule has 0 bridgehead atoms. The molecule has 20 heavy (non-hydrogen) atoms. The number of rotatable bonds is 4. The summed E-state index contributed by atoms with van der Waals surface area (Å²) in [6, 6.07) is 11.4. The van der Waals surface area contributed by atoms with Gasteiger partial charge in [-0.2, -0.15) is 0 Å². The van der Waals surface area contributed by atoms with Gasteiger partial charge in [-0.3, -0.25) is 4.72 Å². The van der Waals surface area contributed by atoms with Crippen LogP contribution in [0.1, 0.15) is 0 Å². The fourth-order valence-electron chi connectivity index (χ4n) is 1.60. The molecule has 0 saturated carbocycles. The molecule has 106 valence electrons. The Hall–Kier alpha value is -1.37. The van der Waals surface area contributed by atoms with Crippen molar-refractivity contribution in [2.75, 3.05) is 16.7 Å². The standard InChI is InChI=1S/C13H13ClN2O2S2/c1-19-11-5-3-10(4-6-11)16-20(17,18)13-7-2-9(15)8-12(13)14/h2-8,16H,15H2,1H3. The zero-order valence-corrected chi connectivity index (χ0v) is 13.0. The van der Waals surface area contributed by atoms with Gasteiger partial charge in [-0.05, 0) is 48.7 Å². The van der Waals surface area contributed by atoms with Crippen LogP contribution in [0.2, 0.25) is 5.02 Å². The van der Waals surface area contributed by atoms with Gasteiger partial charge in [0.1, 0.15) is 4.90 Å². The lowest BCUT2D eigenvalue weighted by molar-refractivity contribution is 0.601. The lowest BCUT2D eigenvalue weighted by atomic mass is 10.3. The minimum absolute atomic E-state index is 0.00214. The van der Waals surface area contributed by atoms with E-state index in [0.717, 1.165) is 4.90 Å². The second kappa shape index (κ2) is 5.95. The monoisotopic (exact) mass is 328 g/mol. The third kappa shape index (κ3) is 3.39. The Morgan fingerprint density at radius 3 is 2.35 bits per heavy atom. The average Bonchev–Trinajstić information content (AvgIpc) is 2.38. The van der Waals surface area contributed by atoms with Gasteiger partial charge in [0, 0.05) is 16.3 Å². The molecule has 4 nitrogen and oxygen atoms in total. The summed E-state index contributed by atoms with van der Waals surface area (Å²) in [6.45, 7) is 0. The number of halogens is 1. The van der Waals surface area contributed by atoms with E-state index in [9.17, 15) is 8.42 Å². The first-order chi connectivity index (χ1) is 9.42. The molecule has 0 aliphatic rings. The summed E-state index contributed by atoms with van der Waals surface area (Å²) >= 11 is 7.51. The Balaban J connectivity index is 2.30. The normalized spacial score (nSPS) is 11.3. The SMILES string of the molecule is CSc1ccc(NS(=O)(=O)c2ccc(N)cc2Cl)cc1. The maximum atomic E-state index is 12.2. The third-order valence-electron chi connectivity index (χ3n) is 2.59. The van der Waals surface area contributed by atoms with Crippen molar-refractivity contribution < 1.29 is 8.42 Å². The summed E-state index contributed by atoms with van der Waals surface area (Å²) in [5.41, 5.74) is 6.45. The van der Waals surface area contributed by atoms with Crippen molar-refractivity contribution in [3.05, 3.63) is 47.5 Å². The molecule has 0 radical (unpaired) electrons. The highest BCUT2D eigenvalue weighted by Crippen LogP contribution is 2.26. The first-order valence-corrected chi connectivity index (χ1v) is 8.73. The molecule has 0 fully saturated rings. The minimum atomic E-state index is -3.72. The number of benzene rings is 2. The van der Waals surface area contributed by atoms with Gasteiger partial charge < -0.3 is 5.73 Å². The van der Waals surface area contributed by atoms with E-state index in [-0.39, 0.29) is 9.92 Å². The summed E-state index contributed by atoms with van der Waals surface area (Å²) in [7, 11) is -3.72. The van der Waals surface area contributed by atoms with Gasteiger partial charge in [-0.1, -0.05) is 11.6 Å². The fraction of sp³-hybridized carbons (Fsp3) is 0.0769. The molecule has 0 unspecified atom stereocenters. The van der Waals surface area contributed by atoms with E-state index in [1.807, 2.05) is 18.4 Å². The predicted molar refractivity (Wildman–Crippen MR) is 84.9 cm³/mol. The third-order valence-corrected chi connectivity index (χ3v) is 5.20. The van der Waals surface area contributed by atoms with Crippen LogP contribution in [0.4, 0.5) is 11.4 Å². The number of hydrogen-bond donors (Lipinski definition) is 2. The van der Waals surface area contributed by atoms with Crippen molar-refractivity contribution in [3.63, 3.8) is 0 Å². The molecule has 0 aliphatic carbocycles. The van der Waals surface area contributed by atoms with Gasteiger partial charge in [0.25, 0.3) is 10.0 Å². The molecule has 0 atom stereocenters. The maximum Gasteiger partial charge on any atom is 0.263 e. The minimum Gasteiger partial charge on any atom is -0.399 e. The van der Waals surface area contributed by atoms with Crippen LogP contribution >= 0.6 is 23.4 Å². The molecule has 0 spiro atoms. The molecule has 0 amide bonds. The molecular weight excluding hydrogens is 316 g/mol. The van der Waals surface area contributed by atoms with Crippen molar-refractivity contribution in [2.45, 2.75) is 9.79 Å². The Kier molecular flexibility index (Phi) is 4.47. The largest absolute Gasteiger partial charge is 0.399 e. The predicted octanol–water partition coefficient (Wildman–Crippen LogP) is 3.44. The number of nitrogens with two attached hydrogens (primary N) is 1. The fourth-order valence-corrected chi connectivity index (χ4v) is 3.63. The average molecular weight is 329 g/mol. The van der Waals surface area contributed by atoms with E-state index in [2.05, 4.69) is 4.72 Å². The van der Waals surface area contributed by atoms with Gasteiger partial charge in [0.2, 0.25) is 0 Å². The Morgan fingerprint density at radius 2 is 1.80 bits per heavy atom. The van der Waals surface area contributed by atoms with Gasteiger partial charge in [0.05, 0.1) is 5.02 Å². The molecule has 2 aromatic carbocycles. The number of nitrogens with one attached hydrogen (secondary N) is 1. The number of thioether (sulfide) groups is 1. The van der Waals surface area contributed by atoms with Crippen LogP contribution in [-0.2, 0) is 10.0 Å². The highest BCUT2D eigenvalue weighted by atomic mass is 35.5. The zero-order chi connectivity index (χ0) is 14.8. The second-order valence-corrected chi connectivity index (χ2v) is 6.96. The van der Waals surface area contributed by atoms with Crippen LogP contribution < -0.4 is 10.5 Å². The van der Waals surface area contributed by atoms with E-state index in [4.69, 9.17) is 17.3 Å². The summed E-state index contributed by atoms with van der Waals surface area (Å²) in [4.78, 5) is 1.06. The molecule has 0 heterocycles. The quantitative estimate of drug-likeness (QED) is 0.666. The Morgan fingerprint density at radius 1 is 1.15 bits per heavy atom. The van der Waals surface area contributed by atoms with Gasteiger partial charge in [-0.15, -0.1) is 11.8 Å². The number of anilines is 2. The lowest BCUT2D eigenvalue weighted by Gasteiger charge is -2.10. The highest BCUT2D eigenvalue weighted by Gasteiger charge is 2.18. The van der Waals surface area contributed by atoms with Crippen molar-refractivity contribution in [1.82, 2.24) is 0 Å². The highest BCUT2D eigenvalue weighted by molar-refractivity contribution is 7.98. The van der Waals surface area contributed by atoms with E-state index < -0.39 is 10.0 Å². The molecule has 7 heteroatoms. The Labute approximate surface area is 127 Å². The van der Waals surface area contributed by atoms with Crippen LogP contribution in [0.15, 0.2) is 52.3 Å². The van der Waals surface area contributed by atoms with Crippen LogP contribution in [0.25, 0.3) is 0 Å². The van der Waals surface area contributed by atoms with Gasteiger partial charge in [-0.25, -0.2) is 8.42 Å². The van der Waals surface area contributed by atoms with Crippen LogP contribution in [-0.4, -0.2) is 14.7 Å². The van der Waals surface area contributed by atoms with E-state index in [0.29, 0.717) is 11.4 Å². The smallest absolute Gasteiger partial charge is 0.263 e. The molecule has 0 aromatic heterocycles. The first-order valence-electron chi connectivity index (χ1n) is 5.64. The number of hydrogen-bond acceptors (Lipinski definition) is 4. The summed E-state index contributed by atoms with van der Waals surface area (Å²) < 4.78 is 27.0. The topological polar surface area (TPSA) is 72.2 Å². The van der Waals surface area contributed by atoms with Crippen molar-refractivity contribution in [1.29, 1.82) is 0 Å². The maximum absolute atomic E-state index is 12.2. The second-order valence-electron chi connectivity index (χ2n) is 4.02. The molecule has 2 rings (SSSR count). The molecule has 0 saturated heterocycles. The first kappa shape index (κ1) is 15.0. The van der Waals surface area contributed by atoms with Crippen LogP contribution in [0.3, 0.4) is 0 Å². The molecule has 3 N–H and O–H groups in total. The molecule has 0 aliphatic heterocycles. The van der Waals surface area contributed by atoms with E-state index >= 15 is 0 Å². The zero-order valence-electron chi connectivity index (χ0n) is 10.6. The van der Waals surface area contributed by atoms with E-state index in [1.165, 1.54) is 18.2 Å². The van der Waals surface area contributed by atoms with Crippen molar-refractivity contribution in [2.24, 2.45) is 0 Å². The summed E-state index contributed by atoms with van der Waals surface area (Å²) in [5, 5.41) is 0.0956. The summed E-state index contributed by atoms with van der Waals surface area (Å²) in [6.07, 6.45) is 1.95. The number of nitrogen functional groups attached to an aromatic ring is 1. The van der Waals surface area contributed by atoms with Gasteiger partial charge in [0.15, 0.2) is 0 Å². The van der Waals surface area contributed by atoms with Gasteiger partial charge >= 0.3 is 0 Å². The van der Waals surface area contributed by atoms with Crippen molar-refractivity contribution >= 4 is 44.8 Å². The van der Waals surface area contributed by atoms with Crippen molar-refractivity contribution in [3.8, 4) is 0 Å². The lowest BCUT2D eigenvalue weighted by Crippen LogP contribution is -2.13. The molecule has 2 aromatic rings. The Bertz CT molecular complexity index is 716. The van der Waals surface area contributed by atoms with Crippen LogP contribution in [0, 0.1) is 0 Å². The molecular formula is C13H13ClN2O2S2. The van der Waals surface area contributed by atoms with E-state index in [1.54, 1.807) is 23.9 Å². The number of sulfonamides is 1. The van der Waals surface area contributed by atoms with Crippen LogP contribution in [0.5, 0.6) is 0 Å². The summed E-state index contributed by atoms with van der Waals surface area (Å²) in [5.74, 6) is 0.